The lowest BCUT2D eigenvalue weighted by Crippen LogP contribution is -3.00. The maximum atomic E-state index is 5.03. The summed E-state index contributed by atoms with van der Waals surface area (Å²) < 4.78 is 0. The molecule has 0 bridgehead atoms. The summed E-state index contributed by atoms with van der Waals surface area (Å²) in [5.74, 6) is -0.263. The minimum atomic E-state index is -0.133. The molecule has 0 fully saturated rings. The number of nitrogens with two attached hydrogens (primary N) is 4. The van der Waals surface area contributed by atoms with Gasteiger partial charge in [0.05, 0.1) is 11.9 Å². The van der Waals surface area contributed by atoms with Gasteiger partial charge in [0.25, 0.3) is 0 Å². The van der Waals surface area contributed by atoms with Gasteiger partial charge in [-0.1, -0.05) is 0 Å². The van der Waals surface area contributed by atoms with Crippen LogP contribution in [0.1, 0.15) is 6.92 Å². The first kappa shape index (κ1) is 14.7. The van der Waals surface area contributed by atoms with Gasteiger partial charge in [-0.2, -0.15) is 10.2 Å². The summed E-state index contributed by atoms with van der Waals surface area (Å²) in [5.41, 5.74) is 20.5. The molecule has 0 aromatic rings. The Labute approximate surface area is 87.2 Å². The summed E-state index contributed by atoms with van der Waals surface area (Å²) in [7, 11) is 0. The van der Waals surface area contributed by atoms with Crippen molar-refractivity contribution in [1.82, 2.24) is 0 Å². The molecule has 0 rings (SSSR count). The van der Waals surface area contributed by atoms with E-state index in [1.54, 1.807) is 6.92 Å². The summed E-state index contributed by atoms with van der Waals surface area (Å²) >= 11 is 0. The molecule has 0 unspecified atom stereocenters. The predicted molar refractivity (Wildman–Crippen MR) is 53.2 cm³/mol. The number of hydrogen-bond acceptors (Lipinski definition) is 4. The van der Waals surface area contributed by atoms with Crippen molar-refractivity contribution in [1.29, 1.82) is 0 Å². The number of nitrogens with zero attached hydrogens (tertiary/aromatic N) is 4. The third-order valence-electron chi connectivity index (χ3n) is 0.741. The van der Waals surface area contributed by atoms with Gasteiger partial charge in [0.2, 0.25) is 11.9 Å². The standard InChI is InChI=1S/C5H12N8.ClH/c1-3(11-13-5(8)9)2-10-12-4(6)7;/h2H,1H3,(H4,6,7,12)(H4,8,9,13);1H/p-1/b10-2+,11-3+;. The Morgan fingerprint density at radius 3 is 1.86 bits per heavy atom. The molecule has 0 heterocycles. The number of halogens is 1. The van der Waals surface area contributed by atoms with Crippen LogP contribution in [-0.4, -0.2) is 23.8 Å². The van der Waals surface area contributed by atoms with E-state index < -0.39 is 0 Å². The highest BCUT2D eigenvalue weighted by molar-refractivity contribution is 6.29. The van der Waals surface area contributed by atoms with E-state index in [0.29, 0.717) is 5.71 Å². The zero-order valence-corrected chi connectivity index (χ0v) is 8.31. The first-order valence-corrected chi connectivity index (χ1v) is 3.27. The van der Waals surface area contributed by atoms with Crippen LogP contribution in [-0.2, 0) is 0 Å². The van der Waals surface area contributed by atoms with Gasteiger partial charge in [-0.15, -0.1) is 10.2 Å². The van der Waals surface area contributed by atoms with Crippen molar-refractivity contribution in [2.75, 3.05) is 0 Å². The van der Waals surface area contributed by atoms with Crippen molar-refractivity contribution in [3.05, 3.63) is 0 Å². The molecule has 0 aromatic carbocycles. The second-order valence-corrected chi connectivity index (χ2v) is 2.04. The summed E-state index contributed by atoms with van der Waals surface area (Å²) in [6.07, 6.45) is 1.31. The number of hydrogen-bond donors (Lipinski definition) is 4. The molecule has 0 aromatic heterocycles. The Hall–Kier alpha value is -1.83. The van der Waals surface area contributed by atoms with Crippen LogP contribution in [0.25, 0.3) is 0 Å². The van der Waals surface area contributed by atoms with Crippen LogP contribution in [0.15, 0.2) is 20.4 Å². The highest BCUT2D eigenvalue weighted by Crippen LogP contribution is 1.76. The van der Waals surface area contributed by atoms with E-state index in [2.05, 4.69) is 20.4 Å². The zero-order chi connectivity index (χ0) is 10.3. The quantitative estimate of drug-likeness (QED) is 0.213. The largest absolute Gasteiger partial charge is 1.00 e. The van der Waals surface area contributed by atoms with E-state index in [-0.39, 0.29) is 24.3 Å². The Kier molecular flexibility index (Phi) is 8.18. The molecular weight excluding hydrogens is 208 g/mol. The number of rotatable bonds is 3. The summed E-state index contributed by atoms with van der Waals surface area (Å²) in [5, 5.41) is 13.8. The van der Waals surface area contributed by atoms with Gasteiger partial charge in [-0.3, -0.25) is 0 Å². The van der Waals surface area contributed by atoms with E-state index in [0.717, 1.165) is 0 Å². The molecule has 0 aliphatic rings. The van der Waals surface area contributed by atoms with Crippen molar-refractivity contribution < 1.29 is 12.4 Å². The van der Waals surface area contributed by atoms with Crippen LogP contribution < -0.4 is 35.3 Å². The lowest BCUT2D eigenvalue weighted by Gasteiger charge is -1.86. The highest BCUT2D eigenvalue weighted by Gasteiger charge is 1.83. The molecule has 0 saturated carbocycles. The van der Waals surface area contributed by atoms with Crippen molar-refractivity contribution >= 4 is 23.8 Å². The Morgan fingerprint density at radius 1 is 0.929 bits per heavy atom. The molecule has 0 amide bonds. The molecule has 0 radical (unpaired) electrons. The minimum Gasteiger partial charge on any atom is -1.00 e. The van der Waals surface area contributed by atoms with Crippen molar-refractivity contribution in [3.63, 3.8) is 0 Å². The highest BCUT2D eigenvalue weighted by atomic mass is 35.5. The Balaban J connectivity index is 0. The SMILES string of the molecule is CC(/C=N/N=C(N)N)=N\N=C(N)N.[Cl-]. The van der Waals surface area contributed by atoms with Gasteiger partial charge >= 0.3 is 0 Å². The molecule has 8 N–H and O–H groups in total. The molecule has 9 heteroatoms. The van der Waals surface area contributed by atoms with E-state index in [1.165, 1.54) is 6.21 Å². The molecular formula is C5H12ClN8-. The minimum absolute atomic E-state index is 0. The van der Waals surface area contributed by atoms with E-state index in [1.807, 2.05) is 0 Å². The fourth-order valence-corrected chi connectivity index (χ4v) is 0.342. The molecule has 0 aliphatic heterocycles. The fraction of sp³-hybridized carbons (Fsp3) is 0.200. The van der Waals surface area contributed by atoms with Crippen LogP contribution in [0.3, 0.4) is 0 Å². The van der Waals surface area contributed by atoms with Crippen LogP contribution in [0.5, 0.6) is 0 Å². The zero-order valence-electron chi connectivity index (χ0n) is 7.55. The van der Waals surface area contributed by atoms with Gasteiger partial charge in [-0.25, -0.2) is 0 Å². The Bertz CT molecular complexity index is 269. The van der Waals surface area contributed by atoms with Gasteiger partial charge in [0, 0.05) is 0 Å². The summed E-state index contributed by atoms with van der Waals surface area (Å²) in [6.45, 7) is 1.64. The third-order valence-corrected chi connectivity index (χ3v) is 0.741. The van der Waals surface area contributed by atoms with Crippen LogP contribution in [0, 0.1) is 0 Å². The van der Waals surface area contributed by atoms with Crippen molar-refractivity contribution in [2.24, 2.45) is 43.3 Å². The van der Waals surface area contributed by atoms with Crippen LogP contribution in [0.2, 0.25) is 0 Å². The van der Waals surface area contributed by atoms with Gasteiger partial charge in [0.1, 0.15) is 0 Å². The molecule has 0 saturated heterocycles. The molecule has 8 nitrogen and oxygen atoms in total. The topological polar surface area (TPSA) is 154 Å². The van der Waals surface area contributed by atoms with E-state index in [9.17, 15) is 0 Å². The first-order chi connectivity index (χ1) is 6.02. The molecule has 0 atom stereocenters. The average molecular weight is 220 g/mol. The maximum absolute atomic E-state index is 5.03. The fourth-order valence-electron chi connectivity index (χ4n) is 0.342. The second kappa shape index (κ2) is 7.80. The molecule has 14 heavy (non-hydrogen) atoms. The lowest BCUT2D eigenvalue weighted by atomic mass is 10.5. The van der Waals surface area contributed by atoms with Gasteiger partial charge < -0.3 is 35.3 Å². The summed E-state index contributed by atoms with van der Waals surface area (Å²) in [4.78, 5) is 0. The first-order valence-electron chi connectivity index (χ1n) is 3.27. The monoisotopic (exact) mass is 219 g/mol. The lowest BCUT2D eigenvalue weighted by molar-refractivity contribution is -0.00000347. The van der Waals surface area contributed by atoms with Crippen LogP contribution in [0.4, 0.5) is 0 Å². The number of guanidine groups is 2. The van der Waals surface area contributed by atoms with Crippen molar-refractivity contribution in [3.8, 4) is 0 Å². The van der Waals surface area contributed by atoms with Crippen molar-refractivity contribution in [2.45, 2.75) is 6.92 Å². The molecule has 0 aliphatic carbocycles. The predicted octanol–water partition coefficient (Wildman–Crippen LogP) is -5.10. The van der Waals surface area contributed by atoms with Gasteiger partial charge in [0.15, 0.2) is 0 Å². The van der Waals surface area contributed by atoms with Gasteiger partial charge in [-0.05, 0) is 6.92 Å². The maximum Gasteiger partial charge on any atom is 0.211 e. The van der Waals surface area contributed by atoms with Crippen LogP contribution >= 0.6 is 0 Å². The second-order valence-electron chi connectivity index (χ2n) is 2.04. The molecule has 0 spiro atoms. The Morgan fingerprint density at radius 2 is 1.43 bits per heavy atom. The third kappa shape index (κ3) is 10.2. The smallest absolute Gasteiger partial charge is 0.211 e. The summed E-state index contributed by atoms with van der Waals surface area (Å²) in [6, 6.07) is 0. The molecule has 80 valence electrons. The average Bonchev–Trinajstić information content (AvgIpc) is 2.00. The van der Waals surface area contributed by atoms with E-state index in [4.69, 9.17) is 22.9 Å². The normalized spacial score (nSPS) is 10.5. The van der Waals surface area contributed by atoms with E-state index >= 15 is 0 Å².